The summed E-state index contributed by atoms with van der Waals surface area (Å²) < 4.78 is 18.2. The lowest BCUT2D eigenvalue weighted by Gasteiger charge is -2.07. The highest BCUT2D eigenvalue weighted by molar-refractivity contribution is 5.35. The summed E-state index contributed by atoms with van der Waals surface area (Å²) in [7, 11) is 1.46. The first-order valence-electron chi connectivity index (χ1n) is 4.22. The summed E-state index contributed by atoms with van der Waals surface area (Å²) in [4.78, 5) is 0. The van der Waals surface area contributed by atoms with Gasteiger partial charge >= 0.3 is 0 Å². The molecule has 0 aliphatic rings. The van der Waals surface area contributed by atoms with Gasteiger partial charge in [-0.05, 0) is 37.1 Å². The van der Waals surface area contributed by atoms with Crippen molar-refractivity contribution in [3.05, 3.63) is 29.1 Å². The van der Waals surface area contributed by atoms with Gasteiger partial charge in [-0.1, -0.05) is 6.07 Å². The number of methoxy groups -OCH3 is 1. The van der Waals surface area contributed by atoms with E-state index in [-0.39, 0.29) is 5.82 Å². The molecule has 0 amide bonds. The van der Waals surface area contributed by atoms with Crippen molar-refractivity contribution in [1.82, 2.24) is 0 Å². The Bertz CT molecular complexity index is 299. The van der Waals surface area contributed by atoms with E-state index in [0.717, 1.165) is 12.0 Å². The molecule has 13 heavy (non-hydrogen) atoms. The van der Waals surface area contributed by atoms with E-state index < -0.39 is 0 Å². The number of nitrogens with two attached hydrogens (primary N) is 1. The van der Waals surface area contributed by atoms with Crippen molar-refractivity contribution in [2.24, 2.45) is 5.73 Å². The third-order valence-electron chi connectivity index (χ3n) is 1.93. The Morgan fingerprint density at radius 3 is 2.69 bits per heavy atom. The molecule has 0 bridgehead atoms. The molecule has 0 unspecified atom stereocenters. The maximum atomic E-state index is 13.3. The van der Waals surface area contributed by atoms with Crippen LogP contribution in [0.3, 0.4) is 0 Å². The van der Waals surface area contributed by atoms with Gasteiger partial charge in [-0.3, -0.25) is 0 Å². The zero-order chi connectivity index (χ0) is 9.84. The Balaban J connectivity index is 3.06. The van der Waals surface area contributed by atoms with E-state index in [2.05, 4.69) is 0 Å². The van der Waals surface area contributed by atoms with Crippen LogP contribution in [0, 0.1) is 12.7 Å². The van der Waals surface area contributed by atoms with Gasteiger partial charge in [0.05, 0.1) is 7.11 Å². The van der Waals surface area contributed by atoms with Gasteiger partial charge in [0.25, 0.3) is 0 Å². The van der Waals surface area contributed by atoms with Gasteiger partial charge < -0.3 is 10.5 Å². The lowest BCUT2D eigenvalue weighted by Crippen LogP contribution is -2.04. The molecule has 1 aromatic carbocycles. The van der Waals surface area contributed by atoms with Gasteiger partial charge in [0.1, 0.15) is 0 Å². The third-order valence-corrected chi connectivity index (χ3v) is 1.93. The van der Waals surface area contributed by atoms with Gasteiger partial charge in [-0.25, -0.2) is 4.39 Å². The lowest BCUT2D eigenvalue weighted by atomic mass is 10.1. The van der Waals surface area contributed by atoms with Crippen molar-refractivity contribution in [3.63, 3.8) is 0 Å². The minimum absolute atomic E-state index is 0.289. The van der Waals surface area contributed by atoms with Crippen molar-refractivity contribution in [2.45, 2.75) is 13.3 Å². The third kappa shape index (κ3) is 2.18. The molecule has 3 heteroatoms. The smallest absolute Gasteiger partial charge is 0.167 e. The average molecular weight is 183 g/mol. The van der Waals surface area contributed by atoms with Crippen molar-refractivity contribution in [2.75, 3.05) is 13.7 Å². The largest absolute Gasteiger partial charge is 0.494 e. The Kier molecular flexibility index (Phi) is 3.25. The zero-order valence-corrected chi connectivity index (χ0v) is 7.93. The zero-order valence-electron chi connectivity index (χ0n) is 7.93. The fourth-order valence-corrected chi connectivity index (χ4v) is 1.27. The Morgan fingerprint density at radius 2 is 2.15 bits per heavy atom. The van der Waals surface area contributed by atoms with Gasteiger partial charge in [0.15, 0.2) is 11.6 Å². The van der Waals surface area contributed by atoms with Gasteiger partial charge in [-0.2, -0.15) is 0 Å². The molecule has 0 saturated heterocycles. The first-order chi connectivity index (χ1) is 6.19. The standard InChI is InChI=1S/C10H14FNO/c1-7-5-8(3-4-12)6-9(13-2)10(7)11/h5-6H,3-4,12H2,1-2H3. The molecule has 0 atom stereocenters. The van der Waals surface area contributed by atoms with E-state index in [0.29, 0.717) is 17.9 Å². The second-order valence-electron chi connectivity index (χ2n) is 2.97. The summed E-state index contributed by atoms with van der Waals surface area (Å²) in [6.45, 7) is 2.28. The molecule has 1 rings (SSSR count). The molecule has 0 spiro atoms. The number of hydrogen-bond donors (Lipinski definition) is 1. The monoisotopic (exact) mass is 183 g/mol. The number of rotatable bonds is 3. The number of halogens is 1. The average Bonchev–Trinajstić information content (AvgIpc) is 2.11. The number of hydrogen-bond acceptors (Lipinski definition) is 2. The first-order valence-corrected chi connectivity index (χ1v) is 4.22. The highest BCUT2D eigenvalue weighted by Gasteiger charge is 2.07. The molecule has 0 fully saturated rings. The van der Waals surface area contributed by atoms with Crippen LogP contribution in [-0.4, -0.2) is 13.7 Å². The topological polar surface area (TPSA) is 35.2 Å². The molecule has 0 aliphatic heterocycles. The quantitative estimate of drug-likeness (QED) is 0.773. The minimum atomic E-state index is -0.289. The van der Waals surface area contributed by atoms with Crippen LogP contribution in [0.4, 0.5) is 4.39 Å². The van der Waals surface area contributed by atoms with Crippen LogP contribution in [0.1, 0.15) is 11.1 Å². The van der Waals surface area contributed by atoms with Crippen molar-refractivity contribution >= 4 is 0 Å². The summed E-state index contributed by atoms with van der Waals surface area (Å²) in [6, 6.07) is 3.49. The van der Waals surface area contributed by atoms with Crippen LogP contribution >= 0.6 is 0 Å². The molecule has 72 valence electrons. The molecular formula is C10H14FNO. The highest BCUT2D eigenvalue weighted by atomic mass is 19.1. The van der Waals surface area contributed by atoms with Crippen LogP contribution in [0.5, 0.6) is 5.75 Å². The van der Waals surface area contributed by atoms with Crippen LogP contribution in [-0.2, 0) is 6.42 Å². The maximum absolute atomic E-state index is 13.3. The Hall–Kier alpha value is -1.09. The number of ether oxygens (including phenoxy) is 1. The fraction of sp³-hybridized carbons (Fsp3) is 0.400. The second kappa shape index (κ2) is 4.23. The van der Waals surface area contributed by atoms with Crippen LogP contribution < -0.4 is 10.5 Å². The predicted molar refractivity (Wildman–Crippen MR) is 50.4 cm³/mol. The molecular weight excluding hydrogens is 169 g/mol. The first kappa shape index (κ1) is 9.99. The van der Waals surface area contributed by atoms with Crippen LogP contribution in [0.25, 0.3) is 0 Å². The summed E-state index contributed by atoms with van der Waals surface area (Å²) >= 11 is 0. The molecule has 1 aromatic rings. The number of benzene rings is 1. The Labute approximate surface area is 77.5 Å². The van der Waals surface area contributed by atoms with E-state index >= 15 is 0 Å². The minimum Gasteiger partial charge on any atom is -0.494 e. The molecule has 2 N–H and O–H groups in total. The SMILES string of the molecule is COc1cc(CCN)cc(C)c1F. The normalized spacial score (nSPS) is 10.2. The molecule has 0 saturated carbocycles. The summed E-state index contributed by atoms with van der Waals surface area (Å²) in [5, 5.41) is 0. The predicted octanol–water partition coefficient (Wildman–Crippen LogP) is 1.64. The Morgan fingerprint density at radius 1 is 1.46 bits per heavy atom. The molecule has 2 nitrogen and oxygen atoms in total. The van der Waals surface area contributed by atoms with Gasteiger partial charge in [0.2, 0.25) is 0 Å². The number of aryl methyl sites for hydroxylation is 1. The van der Waals surface area contributed by atoms with E-state index in [4.69, 9.17) is 10.5 Å². The maximum Gasteiger partial charge on any atom is 0.167 e. The van der Waals surface area contributed by atoms with Crippen molar-refractivity contribution < 1.29 is 9.13 Å². The molecule has 0 heterocycles. The van der Waals surface area contributed by atoms with E-state index in [1.807, 2.05) is 0 Å². The molecule has 0 aliphatic carbocycles. The van der Waals surface area contributed by atoms with Crippen molar-refractivity contribution in [1.29, 1.82) is 0 Å². The molecule has 0 radical (unpaired) electrons. The van der Waals surface area contributed by atoms with Crippen molar-refractivity contribution in [3.8, 4) is 5.75 Å². The van der Waals surface area contributed by atoms with E-state index in [9.17, 15) is 4.39 Å². The van der Waals surface area contributed by atoms with E-state index in [1.165, 1.54) is 7.11 Å². The van der Waals surface area contributed by atoms with Crippen LogP contribution in [0.15, 0.2) is 12.1 Å². The summed E-state index contributed by atoms with van der Waals surface area (Å²) in [5.74, 6) is 0.00622. The fourth-order valence-electron chi connectivity index (χ4n) is 1.27. The van der Waals surface area contributed by atoms with Gasteiger partial charge in [0, 0.05) is 0 Å². The van der Waals surface area contributed by atoms with Gasteiger partial charge in [-0.15, -0.1) is 0 Å². The highest BCUT2D eigenvalue weighted by Crippen LogP contribution is 2.22. The second-order valence-corrected chi connectivity index (χ2v) is 2.97. The molecule has 0 aromatic heterocycles. The van der Waals surface area contributed by atoms with Crippen LogP contribution in [0.2, 0.25) is 0 Å². The summed E-state index contributed by atoms with van der Waals surface area (Å²) in [5.41, 5.74) is 7.02. The summed E-state index contributed by atoms with van der Waals surface area (Å²) in [6.07, 6.45) is 0.747. The lowest BCUT2D eigenvalue weighted by molar-refractivity contribution is 0.384. The van der Waals surface area contributed by atoms with E-state index in [1.54, 1.807) is 19.1 Å².